The van der Waals surface area contributed by atoms with Gasteiger partial charge in [0.2, 0.25) is 10.0 Å². The first-order chi connectivity index (χ1) is 8.63. The van der Waals surface area contributed by atoms with E-state index in [-0.39, 0.29) is 18.0 Å². The van der Waals surface area contributed by atoms with Crippen LogP contribution in [0.4, 0.5) is 0 Å². The number of aromatic amines is 1. The van der Waals surface area contributed by atoms with Gasteiger partial charge < -0.3 is 10.1 Å². The number of aliphatic hydroxyl groups is 1. The number of nitrogens with zero attached hydrogens (tertiary/aromatic N) is 1. The lowest BCUT2D eigenvalue weighted by atomic mass is 10.4. The van der Waals surface area contributed by atoms with Gasteiger partial charge in [-0.05, 0) is 11.4 Å². The Labute approximate surface area is 109 Å². The molecule has 98 valence electrons. The maximum absolute atomic E-state index is 12.0. The fourth-order valence-electron chi connectivity index (χ4n) is 1.50. The van der Waals surface area contributed by atoms with Gasteiger partial charge >= 0.3 is 0 Å². The Kier molecular flexibility index (Phi) is 4.12. The number of rotatable bonds is 6. The van der Waals surface area contributed by atoms with Gasteiger partial charge in [-0.1, -0.05) is 0 Å². The Hall–Kier alpha value is -1.22. The molecule has 2 heterocycles. The van der Waals surface area contributed by atoms with Gasteiger partial charge in [-0.2, -0.15) is 0 Å². The van der Waals surface area contributed by atoms with Crippen molar-refractivity contribution in [2.45, 2.75) is 17.9 Å². The van der Waals surface area contributed by atoms with Gasteiger partial charge in [0.15, 0.2) is 0 Å². The molecule has 2 aromatic rings. The van der Waals surface area contributed by atoms with Gasteiger partial charge in [0.25, 0.3) is 0 Å². The minimum atomic E-state index is -3.55. The average molecular weight is 287 g/mol. The number of aromatic nitrogens is 2. The molecule has 0 saturated heterocycles. The van der Waals surface area contributed by atoms with E-state index in [1.54, 1.807) is 17.8 Å². The molecule has 2 rings (SSSR count). The molecule has 2 aromatic heterocycles. The highest BCUT2D eigenvalue weighted by atomic mass is 32.2. The molecule has 0 amide bonds. The number of hydrogen-bond donors (Lipinski definition) is 3. The van der Waals surface area contributed by atoms with Crippen molar-refractivity contribution in [2.75, 3.05) is 6.54 Å². The SMILES string of the molecule is O=S(=O)(NCCc1ncc[nH]1)c1ccsc1CO. The van der Waals surface area contributed by atoms with Crippen molar-refractivity contribution in [1.82, 2.24) is 14.7 Å². The molecular formula is C10H13N3O3S2. The van der Waals surface area contributed by atoms with E-state index >= 15 is 0 Å². The maximum atomic E-state index is 12.0. The van der Waals surface area contributed by atoms with Crippen LogP contribution >= 0.6 is 11.3 Å². The molecule has 0 aliphatic carbocycles. The number of sulfonamides is 1. The number of hydrogen-bond acceptors (Lipinski definition) is 5. The Morgan fingerprint density at radius 2 is 2.33 bits per heavy atom. The topological polar surface area (TPSA) is 95.1 Å². The fraction of sp³-hybridized carbons (Fsp3) is 0.300. The summed E-state index contributed by atoms with van der Waals surface area (Å²) in [5, 5.41) is 10.7. The van der Waals surface area contributed by atoms with Crippen LogP contribution in [0, 0.1) is 0 Å². The van der Waals surface area contributed by atoms with Crippen LogP contribution in [0.5, 0.6) is 0 Å². The van der Waals surface area contributed by atoms with Gasteiger partial charge in [-0.25, -0.2) is 18.1 Å². The summed E-state index contributed by atoms with van der Waals surface area (Å²) in [5.41, 5.74) is 0. The van der Waals surface area contributed by atoms with E-state index in [0.717, 1.165) is 5.82 Å². The second-order valence-corrected chi connectivity index (χ2v) is 6.29. The van der Waals surface area contributed by atoms with Crippen LogP contribution in [0.3, 0.4) is 0 Å². The predicted molar refractivity (Wildman–Crippen MR) is 67.7 cm³/mol. The summed E-state index contributed by atoms with van der Waals surface area (Å²) in [5.74, 6) is 0.727. The van der Waals surface area contributed by atoms with Crippen molar-refractivity contribution in [3.05, 3.63) is 34.5 Å². The van der Waals surface area contributed by atoms with E-state index in [4.69, 9.17) is 5.11 Å². The average Bonchev–Trinajstić information content (AvgIpc) is 2.99. The molecule has 8 heteroatoms. The summed E-state index contributed by atoms with van der Waals surface area (Å²) in [6, 6.07) is 1.49. The van der Waals surface area contributed by atoms with Crippen LogP contribution in [-0.4, -0.2) is 30.0 Å². The Morgan fingerprint density at radius 1 is 1.50 bits per heavy atom. The molecule has 0 spiro atoms. The molecule has 0 aromatic carbocycles. The van der Waals surface area contributed by atoms with E-state index in [2.05, 4.69) is 14.7 Å². The number of nitrogens with one attached hydrogen (secondary N) is 2. The third kappa shape index (κ3) is 2.96. The van der Waals surface area contributed by atoms with Crippen LogP contribution in [0.25, 0.3) is 0 Å². The second-order valence-electron chi connectivity index (χ2n) is 3.55. The summed E-state index contributed by atoms with van der Waals surface area (Å²) in [6.45, 7) is -0.0113. The molecular weight excluding hydrogens is 274 g/mol. The largest absolute Gasteiger partial charge is 0.391 e. The zero-order chi connectivity index (χ0) is 13.0. The third-order valence-electron chi connectivity index (χ3n) is 2.35. The molecule has 0 aliphatic rings. The van der Waals surface area contributed by atoms with E-state index in [9.17, 15) is 8.42 Å². The first-order valence-corrected chi connectivity index (χ1v) is 7.65. The number of thiophene rings is 1. The maximum Gasteiger partial charge on any atom is 0.241 e. The summed E-state index contributed by atoms with van der Waals surface area (Å²) in [7, 11) is -3.55. The minimum absolute atomic E-state index is 0.148. The molecule has 0 unspecified atom stereocenters. The van der Waals surface area contributed by atoms with Gasteiger partial charge in [-0.3, -0.25) is 0 Å². The highest BCUT2D eigenvalue weighted by Crippen LogP contribution is 2.21. The number of aliphatic hydroxyl groups excluding tert-OH is 1. The highest BCUT2D eigenvalue weighted by Gasteiger charge is 2.18. The molecule has 18 heavy (non-hydrogen) atoms. The van der Waals surface area contributed by atoms with Gasteiger partial charge in [-0.15, -0.1) is 11.3 Å². The van der Waals surface area contributed by atoms with Crippen molar-refractivity contribution < 1.29 is 13.5 Å². The summed E-state index contributed by atoms with van der Waals surface area (Å²) in [4.78, 5) is 7.49. The van der Waals surface area contributed by atoms with Crippen molar-refractivity contribution in [3.8, 4) is 0 Å². The predicted octanol–water partition coefficient (Wildman–Crippen LogP) is 0.484. The summed E-state index contributed by atoms with van der Waals surface area (Å²) < 4.78 is 26.4. The van der Waals surface area contributed by atoms with Crippen molar-refractivity contribution >= 4 is 21.4 Å². The zero-order valence-corrected chi connectivity index (χ0v) is 11.1. The second kappa shape index (κ2) is 5.61. The van der Waals surface area contributed by atoms with Gasteiger partial charge in [0.1, 0.15) is 5.82 Å². The normalized spacial score (nSPS) is 11.8. The number of imidazole rings is 1. The lowest BCUT2D eigenvalue weighted by molar-refractivity contribution is 0.282. The lowest BCUT2D eigenvalue weighted by Gasteiger charge is -2.05. The molecule has 0 saturated carbocycles. The van der Waals surface area contributed by atoms with Crippen LogP contribution in [0.2, 0.25) is 0 Å². The Balaban J connectivity index is 1.99. The Morgan fingerprint density at radius 3 is 3.00 bits per heavy atom. The van der Waals surface area contributed by atoms with Crippen LogP contribution in [0.1, 0.15) is 10.7 Å². The lowest BCUT2D eigenvalue weighted by Crippen LogP contribution is -2.26. The standard InChI is InChI=1S/C10H13N3O3S2/c14-7-8-9(2-6-17-8)18(15,16)13-3-1-10-11-4-5-12-10/h2,4-6,13-14H,1,3,7H2,(H,11,12). The van der Waals surface area contributed by atoms with Crippen molar-refractivity contribution in [2.24, 2.45) is 0 Å². The highest BCUT2D eigenvalue weighted by molar-refractivity contribution is 7.89. The smallest absolute Gasteiger partial charge is 0.241 e. The van der Waals surface area contributed by atoms with E-state index in [1.165, 1.54) is 17.4 Å². The third-order valence-corrected chi connectivity index (χ3v) is 4.93. The molecule has 0 radical (unpaired) electrons. The molecule has 0 fully saturated rings. The van der Waals surface area contributed by atoms with Gasteiger partial charge in [0.05, 0.1) is 11.5 Å². The van der Waals surface area contributed by atoms with E-state index in [0.29, 0.717) is 11.3 Å². The quantitative estimate of drug-likeness (QED) is 0.720. The van der Waals surface area contributed by atoms with Crippen molar-refractivity contribution in [3.63, 3.8) is 0 Å². The summed E-state index contributed by atoms with van der Waals surface area (Å²) >= 11 is 1.22. The van der Waals surface area contributed by atoms with Crippen LogP contribution < -0.4 is 4.72 Å². The first kappa shape index (κ1) is 13.2. The van der Waals surface area contributed by atoms with Gasteiger partial charge in [0, 0.05) is 30.2 Å². The molecule has 6 nitrogen and oxygen atoms in total. The fourth-order valence-corrected chi connectivity index (χ4v) is 3.82. The Bertz CT molecular complexity index is 590. The van der Waals surface area contributed by atoms with E-state index in [1.807, 2.05) is 0 Å². The molecule has 0 aliphatic heterocycles. The van der Waals surface area contributed by atoms with Crippen molar-refractivity contribution in [1.29, 1.82) is 0 Å². The monoisotopic (exact) mass is 287 g/mol. The summed E-state index contributed by atoms with van der Waals surface area (Å²) in [6.07, 6.45) is 3.80. The number of H-pyrrole nitrogens is 1. The van der Waals surface area contributed by atoms with Crippen LogP contribution in [-0.2, 0) is 23.1 Å². The zero-order valence-electron chi connectivity index (χ0n) is 9.46. The van der Waals surface area contributed by atoms with E-state index < -0.39 is 10.0 Å². The molecule has 0 atom stereocenters. The first-order valence-electron chi connectivity index (χ1n) is 5.28. The minimum Gasteiger partial charge on any atom is -0.391 e. The van der Waals surface area contributed by atoms with Crippen LogP contribution in [0.15, 0.2) is 28.7 Å². The molecule has 0 bridgehead atoms. The molecule has 3 N–H and O–H groups in total.